The normalized spacial score (nSPS) is 15.8. The summed E-state index contributed by atoms with van der Waals surface area (Å²) in [6.45, 7) is 5.60. The van der Waals surface area contributed by atoms with Gasteiger partial charge in [-0.2, -0.15) is 0 Å². The highest BCUT2D eigenvalue weighted by molar-refractivity contribution is 5.97. The van der Waals surface area contributed by atoms with Crippen LogP contribution in [0.1, 0.15) is 38.8 Å². The number of hydrogen-bond donors (Lipinski definition) is 2. The van der Waals surface area contributed by atoms with Crippen molar-refractivity contribution in [2.45, 2.75) is 38.8 Å². The molecule has 2 unspecified atom stereocenters. The Morgan fingerprint density at radius 3 is 2.72 bits per heavy atom. The number of benzene rings is 1. The van der Waals surface area contributed by atoms with E-state index in [9.17, 15) is 4.79 Å². The topological polar surface area (TPSA) is 64.3 Å². The molecule has 4 nitrogen and oxygen atoms in total. The molecule has 100 valence electrons. The molecule has 0 saturated carbocycles. The molecule has 3 N–H and O–H groups in total. The quantitative estimate of drug-likeness (QED) is 0.843. The van der Waals surface area contributed by atoms with Gasteiger partial charge in [-0.3, -0.25) is 4.79 Å². The number of carbonyl (C=O) groups excluding carboxylic acids is 1. The monoisotopic (exact) mass is 250 g/mol. The molecule has 0 saturated heterocycles. The maximum Gasteiger partial charge on any atom is 0.256 e. The standard InChI is InChI=1S/C14H22N2O2/c1-5-14(3,18-4)13(17)16-12-8-6-7-11(9-12)10(2)15/h6-10H,5,15H2,1-4H3,(H,16,17). The van der Waals surface area contributed by atoms with Crippen LogP contribution in [0.5, 0.6) is 0 Å². The fourth-order valence-electron chi connectivity index (χ4n) is 1.56. The molecule has 0 heterocycles. The van der Waals surface area contributed by atoms with E-state index in [0.717, 1.165) is 11.3 Å². The van der Waals surface area contributed by atoms with Crippen LogP contribution in [0.25, 0.3) is 0 Å². The summed E-state index contributed by atoms with van der Waals surface area (Å²) in [7, 11) is 1.54. The van der Waals surface area contributed by atoms with E-state index in [-0.39, 0.29) is 11.9 Å². The molecule has 0 aliphatic rings. The van der Waals surface area contributed by atoms with Crippen LogP contribution in [0, 0.1) is 0 Å². The first-order valence-electron chi connectivity index (χ1n) is 6.15. The minimum atomic E-state index is -0.801. The van der Waals surface area contributed by atoms with Gasteiger partial charge in [-0.25, -0.2) is 0 Å². The van der Waals surface area contributed by atoms with Gasteiger partial charge >= 0.3 is 0 Å². The molecule has 0 aliphatic heterocycles. The van der Waals surface area contributed by atoms with Gasteiger partial charge in [0.15, 0.2) is 0 Å². The van der Waals surface area contributed by atoms with Gasteiger partial charge in [0.25, 0.3) is 5.91 Å². The van der Waals surface area contributed by atoms with E-state index in [4.69, 9.17) is 10.5 Å². The van der Waals surface area contributed by atoms with E-state index in [2.05, 4.69) is 5.32 Å². The Balaban J connectivity index is 2.85. The molecule has 1 aromatic carbocycles. The third-order valence-electron chi connectivity index (χ3n) is 3.28. The maximum absolute atomic E-state index is 12.1. The molecule has 0 aliphatic carbocycles. The predicted octanol–water partition coefficient (Wildman–Crippen LogP) is 2.46. The zero-order valence-corrected chi connectivity index (χ0v) is 11.5. The molecule has 1 aromatic rings. The molecule has 0 aromatic heterocycles. The summed E-state index contributed by atoms with van der Waals surface area (Å²) in [5.41, 5.74) is 6.74. The number of ether oxygens (including phenoxy) is 1. The minimum Gasteiger partial charge on any atom is -0.369 e. The Hall–Kier alpha value is -1.39. The summed E-state index contributed by atoms with van der Waals surface area (Å²) in [5, 5.41) is 2.86. The third-order valence-corrected chi connectivity index (χ3v) is 3.28. The number of methoxy groups -OCH3 is 1. The number of amides is 1. The summed E-state index contributed by atoms with van der Waals surface area (Å²) in [4.78, 5) is 12.1. The van der Waals surface area contributed by atoms with Crippen molar-refractivity contribution in [3.63, 3.8) is 0 Å². The van der Waals surface area contributed by atoms with Crippen LogP contribution in [0.3, 0.4) is 0 Å². The van der Waals surface area contributed by atoms with Crippen LogP contribution in [0.4, 0.5) is 5.69 Å². The van der Waals surface area contributed by atoms with Crippen LogP contribution < -0.4 is 11.1 Å². The fraction of sp³-hybridized carbons (Fsp3) is 0.500. The first-order chi connectivity index (χ1) is 8.42. The van der Waals surface area contributed by atoms with Gasteiger partial charge in [0.2, 0.25) is 0 Å². The van der Waals surface area contributed by atoms with Gasteiger partial charge in [-0.05, 0) is 38.0 Å². The van der Waals surface area contributed by atoms with Crippen molar-refractivity contribution in [2.24, 2.45) is 5.73 Å². The molecular weight excluding hydrogens is 228 g/mol. The van der Waals surface area contributed by atoms with E-state index < -0.39 is 5.60 Å². The molecule has 1 rings (SSSR count). The lowest BCUT2D eigenvalue weighted by Gasteiger charge is -2.25. The number of rotatable bonds is 5. The van der Waals surface area contributed by atoms with Crippen LogP contribution >= 0.6 is 0 Å². The Bertz CT molecular complexity index is 412. The highest BCUT2D eigenvalue weighted by Crippen LogP contribution is 2.20. The molecule has 0 spiro atoms. The van der Waals surface area contributed by atoms with E-state index in [1.54, 1.807) is 14.0 Å². The van der Waals surface area contributed by atoms with Gasteiger partial charge in [-0.15, -0.1) is 0 Å². The summed E-state index contributed by atoms with van der Waals surface area (Å²) in [6.07, 6.45) is 0.613. The minimum absolute atomic E-state index is 0.0539. The summed E-state index contributed by atoms with van der Waals surface area (Å²) in [5.74, 6) is -0.144. The average Bonchev–Trinajstić information content (AvgIpc) is 2.38. The zero-order chi connectivity index (χ0) is 13.8. The van der Waals surface area contributed by atoms with E-state index in [1.165, 1.54) is 0 Å². The van der Waals surface area contributed by atoms with Crippen molar-refractivity contribution in [1.29, 1.82) is 0 Å². The third kappa shape index (κ3) is 3.31. The van der Waals surface area contributed by atoms with E-state index in [1.807, 2.05) is 38.1 Å². The number of carbonyl (C=O) groups is 1. The van der Waals surface area contributed by atoms with Crippen molar-refractivity contribution >= 4 is 11.6 Å². The Labute approximate surface area is 109 Å². The van der Waals surface area contributed by atoms with Crippen molar-refractivity contribution < 1.29 is 9.53 Å². The van der Waals surface area contributed by atoms with Crippen molar-refractivity contribution in [3.8, 4) is 0 Å². The van der Waals surface area contributed by atoms with E-state index in [0.29, 0.717) is 6.42 Å². The molecule has 0 bridgehead atoms. The molecule has 4 heteroatoms. The number of anilines is 1. The van der Waals surface area contributed by atoms with Gasteiger partial charge in [0, 0.05) is 18.8 Å². The van der Waals surface area contributed by atoms with Gasteiger partial charge in [-0.1, -0.05) is 19.1 Å². The fourth-order valence-corrected chi connectivity index (χ4v) is 1.56. The summed E-state index contributed by atoms with van der Waals surface area (Å²) < 4.78 is 5.26. The van der Waals surface area contributed by atoms with E-state index >= 15 is 0 Å². The lowest BCUT2D eigenvalue weighted by Crippen LogP contribution is -2.41. The van der Waals surface area contributed by atoms with Gasteiger partial charge in [0.1, 0.15) is 5.60 Å². The van der Waals surface area contributed by atoms with Crippen molar-refractivity contribution in [1.82, 2.24) is 0 Å². The molecular formula is C14H22N2O2. The van der Waals surface area contributed by atoms with Crippen LogP contribution in [-0.4, -0.2) is 18.6 Å². The number of nitrogens with two attached hydrogens (primary N) is 1. The highest BCUT2D eigenvalue weighted by atomic mass is 16.5. The SMILES string of the molecule is CCC(C)(OC)C(=O)Nc1cccc(C(C)N)c1. The highest BCUT2D eigenvalue weighted by Gasteiger charge is 2.30. The lowest BCUT2D eigenvalue weighted by atomic mass is 10.0. The van der Waals surface area contributed by atoms with Crippen LogP contribution in [-0.2, 0) is 9.53 Å². The molecule has 1 amide bonds. The van der Waals surface area contributed by atoms with Crippen LogP contribution in [0.2, 0.25) is 0 Å². The zero-order valence-electron chi connectivity index (χ0n) is 11.5. The largest absolute Gasteiger partial charge is 0.369 e. The first-order valence-corrected chi connectivity index (χ1v) is 6.15. The second-order valence-electron chi connectivity index (χ2n) is 4.66. The molecule has 2 atom stereocenters. The second kappa shape index (κ2) is 5.98. The van der Waals surface area contributed by atoms with Gasteiger partial charge in [0.05, 0.1) is 0 Å². The number of hydrogen-bond acceptors (Lipinski definition) is 3. The Morgan fingerprint density at radius 2 is 2.22 bits per heavy atom. The number of nitrogens with one attached hydrogen (secondary N) is 1. The average molecular weight is 250 g/mol. The molecule has 18 heavy (non-hydrogen) atoms. The Morgan fingerprint density at radius 1 is 1.56 bits per heavy atom. The summed E-state index contributed by atoms with van der Waals surface area (Å²) in [6, 6.07) is 7.49. The first kappa shape index (κ1) is 14.7. The maximum atomic E-state index is 12.1. The molecule has 0 fully saturated rings. The molecule has 0 radical (unpaired) electrons. The summed E-state index contributed by atoms with van der Waals surface area (Å²) >= 11 is 0. The van der Waals surface area contributed by atoms with Crippen molar-refractivity contribution in [2.75, 3.05) is 12.4 Å². The predicted molar refractivity (Wildman–Crippen MR) is 73.4 cm³/mol. The lowest BCUT2D eigenvalue weighted by molar-refractivity contribution is -0.136. The smallest absolute Gasteiger partial charge is 0.256 e. The van der Waals surface area contributed by atoms with Gasteiger partial charge < -0.3 is 15.8 Å². The van der Waals surface area contributed by atoms with Crippen LogP contribution in [0.15, 0.2) is 24.3 Å². The Kier molecular flexibility index (Phi) is 4.87. The second-order valence-corrected chi connectivity index (χ2v) is 4.66. The van der Waals surface area contributed by atoms with Crippen molar-refractivity contribution in [3.05, 3.63) is 29.8 Å².